The van der Waals surface area contributed by atoms with E-state index in [2.05, 4.69) is 19.2 Å². The van der Waals surface area contributed by atoms with Crippen molar-refractivity contribution < 1.29 is 4.79 Å². The van der Waals surface area contributed by atoms with Crippen molar-refractivity contribution in [3.63, 3.8) is 0 Å². The average molecular weight is 238 g/mol. The Morgan fingerprint density at radius 3 is 2.24 bits per heavy atom. The molecule has 17 heavy (non-hydrogen) atoms. The number of carbonyl (C=O) groups is 1. The molecule has 2 aliphatic rings. The Morgan fingerprint density at radius 1 is 1.24 bits per heavy atom. The van der Waals surface area contributed by atoms with Crippen molar-refractivity contribution in [3.05, 3.63) is 0 Å². The number of nitrogens with one attached hydrogen (secondary N) is 1. The van der Waals surface area contributed by atoms with Crippen molar-refractivity contribution in [1.82, 2.24) is 10.2 Å². The molecule has 0 spiro atoms. The molecule has 2 atom stereocenters. The van der Waals surface area contributed by atoms with Crippen LogP contribution in [0.4, 0.5) is 0 Å². The van der Waals surface area contributed by atoms with Crippen LogP contribution >= 0.6 is 0 Å². The summed E-state index contributed by atoms with van der Waals surface area (Å²) in [5, 5.41) is 3.63. The van der Waals surface area contributed by atoms with E-state index in [1.54, 1.807) is 0 Å². The first-order chi connectivity index (χ1) is 8.15. The lowest BCUT2D eigenvalue weighted by atomic mass is 9.95. The monoisotopic (exact) mass is 238 g/mol. The minimum atomic E-state index is 0.229. The highest BCUT2D eigenvalue weighted by molar-refractivity contribution is 5.78. The summed E-state index contributed by atoms with van der Waals surface area (Å²) in [6, 6.07) is 1.80. The van der Waals surface area contributed by atoms with Crippen molar-refractivity contribution in [2.75, 3.05) is 7.05 Å². The van der Waals surface area contributed by atoms with E-state index in [0.717, 1.165) is 25.7 Å². The standard InChI is InChI=1S/C14H26N2O/c1-4-10(5-2)14(17)16(3)13-8-11-6-7-12(9-13)15-11/h10-13,15H,4-9H2,1-3H3. The van der Waals surface area contributed by atoms with Gasteiger partial charge >= 0.3 is 0 Å². The number of nitrogens with zero attached hydrogens (tertiary/aromatic N) is 1. The third-order valence-electron chi connectivity index (χ3n) is 4.68. The summed E-state index contributed by atoms with van der Waals surface area (Å²) in [6.07, 6.45) is 6.84. The number of rotatable bonds is 4. The van der Waals surface area contributed by atoms with Gasteiger partial charge in [0, 0.05) is 31.1 Å². The quantitative estimate of drug-likeness (QED) is 0.814. The Kier molecular flexibility index (Phi) is 4.08. The van der Waals surface area contributed by atoms with Gasteiger partial charge < -0.3 is 10.2 Å². The van der Waals surface area contributed by atoms with Gasteiger partial charge in [0.2, 0.25) is 5.91 Å². The van der Waals surface area contributed by atoms with Gasteiger partial charge in [0.15, 0.2) is 0 Å². The van der Waals surface area contributed by atoms with Crippen LogP contribution in [-0.4, -0.2) is 36.0 Å². The zero-order valence-corrected chi connectivity index (χ0v) is 11.4. The molecule has 1 amide bonds. The lowest BCUT2D eigenvalue weighted by Crippen LogP contribution is -2.50. The molecule has 0 aromatic carbocycles. The van der Waals surface area contributed by atoms with E-state index < -0.39 is 0 Å². The topological polar surface area (TPSA) is 32.3 Å². The van der Waals surface area contributed by atoms with Gasteiger partial charge in [-0.05, 0) is 38.5 Å². The number of hydrogen-bond donors (Lipinski definition) is 1. The van der Waals surface area contributed by atoms with Gasteiger partial charge in [0.1, 0.15) is 0 Å². The van der Waals surface area contributed by atoms with Crippen LogP contribution in [0.1, 0.15) is 52.4 Å². The van der Waals surface area contributed by atoms with Crippen LogP contribution in [0.3, 0.4) is 0 Å². The largest absolute Gasteiger partial charge is 0.342 e. The maximum atomic E-state index is 12.3. The highest BCUT2D eigenvalue weighted by Gasteiger charge is 2.37. The van der Waals surface area contributed by atoms with E-state index in [0.29, 0.717) is 24.0 Å². The summed E-state index contributed by atoms with van der Waals surface area (Å²) in [5.74, 6) is 0.592. The number of piperidine rings is 1. The Hall–Kier alpha value is -0.570. The van der Waals surface area contributed by atoms with Crippen molar-refractivity contribution in [2.45, 2.75) is 70.5 Å². The average Bonchev–Trinajstić information content (AvgIpc) is 2.68. The summed E-state index contributed by atoms with van der Waals surface area (Å²) >= 11 is 0. The number of hydrogen-bond acceptors (Lipinski definition) is 2. The van der Waals surface area contributed by atoms with E-state index in [9.17, 15) is 4.79 Å². The van der Waals surface area contributed by atoms with Crippen molar-refractivity contribution in [3.8, 4) is 0 Å². The van der Waals surface area contributed by atoms with Gasteiger partial charge in [0.05, 0.1) is 0 Å². The van der Waals surface area contributed by atoms with Crippen LogP contribution in [0, 0.1) is 5.92 Å². The number of amides is 1. The molecule has 2 aliphatic heterocycles. The van der Waals surface area contributed by atoms with E-state index in [4.69, 9.17) is 0 Å². The Morgan fingerprint density at radius 2 is 1.76 bits per heavy atom. The molecule has 98 valence electrons. The summed E-state index contributed by atoms with van der Waals surface area (Å²) in [6.45, 7) is 4.23. The minimum absolute atomic E-state index is 0.229. The molecule has 0 aliphatic carbocycles. The fraction of sp³-hybridized carbons (Fsp3) is 0.929. The van der Waals surface area contributed by atoms with Crippen molar-refractivity contribution in [1.29, 1.82) is 0 Å². The van der Waals surface area contributed by atoms with Gasteiger partial charge in [-0.25, -0.2) is 0 Å². The predicted octanol–water partition coefficient (Wildman–Crippen LogP) is 2.16. The summed E-state index contributed by atoms with van der Waals surface area (Å²) in [5.41, 5.74) is 0. The summed E-state index contributed by atoms with van der Waals surface area (Å²) in [7, 11) is 2.01. The second-order valence-corrected chi connectivity index (χ2v) is 5.73. The normalized spacial score (nSPS) is 31.9. The second kappa shape index (κ2) is 5.38. The second-order valence-electron chi connectivity index (χ2n) is 5.73. The number of fused-ring (bicyclic) bond motifs is 2. The molecule has 0 aromatic heterocycles. The molecule has 0 radical (unpaired) electrons. The number of carbonyl (C=O) groups excluding carboxylic acids is 1. The van der Waals surface area contributed by atoms with E-state index >= 15 is 0 Å². The smallest absolute Gasteiger partial charge is 0.225 e. The molecule has 2 fully saturated rings. The molecule has 3 heteroatoms. The van der Waals surface area contributed by atoms with Crippen molar-refractivity contribution in [2.24, 2.45) is 5.92 Å². The van der Waals surface area contributed by atoms with E-state index in [1.807, 2.05) is 11.9 Å². The van der Waals surface area contributed by atoms with Crippen LogP contribution in [0.15, 0.2) is 0 Å². The van der Waals surface area contributed by atoms with Crippen LogP contribution in [0.2, 0.25) is 0 Å². The zero-order valence-electron chi connectivity index (χ0n) is 11.4. The molecular formula is C14H26N2O. The minimum Gasteiger partial charge on any atom is -0.342 e. The molecule has 0 saturated carbocycles. The molecule has 2 heterocycles. The molecule has 1 N–H and O–H groups in total. The molecule has 2 rings (SSSR count). The molecule has 3 nitrogen and oxygen atoms in total. The Balaban J connectivity index is 1.95. The first-order valence-corrected chi connectivity index (χ1v) is 7.18. The van der Waals surface area contributed by atoms with Crippen LogP contribution in [0.25, 0.3) is 0 Å². The van der Waals surface area contributed by atoms with Gasteiger partial charge in [-0.3, -0.25) is 4.79 Å². The third kappa shape index (κ3) is 2.65. The molecule has 2 bridgehead atoms. The molecule has 2 saturated heterocycles. The highest BCUT2D eigenvalue weighted by Crippen LogP contribution is 2.30. The molecule has 0 aromatic rings. The summed E-state index contributed by atoms with van der Waals surface area (Å²) in [4.78, 5) is 14.4. The molecule has 2 unspecified atom stereocenters. The van der Waals surface area contributed by atoms with Crippen molar-refractivity contribution >= 4 is 5.91 Å². The zero-order chi connectivity index (χ0) is 12.4. The Bertz CT molecular complexity index is 263. The van der Waals surface area contributed by atoms with E-state index in [1.165, 1.54) is 12.8 Å². The lowest BCUT2D eigenvalue weighted by molar-refractivity contribution is -0.137. The Labute approximate surface area is 105 Å². The van der Waals surface area contributed by atoms with Gasteiger partial charge in [-0.15, -0.1) is 0 Å². The fourth-order valence-corrected chi connectivity index (χ4v) is 3.45. The predicted molar refractivity (Wildman–Crippen MR) is 69.8 cm³/mol. The fourth-order valence-electron chi connectivity index (χ4n) is 3.45. The SMILES string of the molecule is CCC(CC)C(=O)N(C)C1CC2CCC(C1)N2. The highest BCUT2D eigenvalue weighted by atomic mass is 16.2. The van der Waals surface area contributed by atoms with Gasteiger partial charge in [-0.1, -0.05) is 13.8 Å². The first kappa shape index (κ1) is 12.9. The summed E-state index contributed by atoms with van der Waals surface area (Å²) < 4.78 is 0. The van der Waals surface area contributed by atoms with Crippen LogP contribution < -0.4 is 5.32 Å². The lowest BCUT2D eigenvalue weighted by Gasteiger charge is -2.37. The first-order valence-electron chi connectivity index (χ1n) is 7.18. The maximum absolute atomic E-state index is 12.3. The third-order valence-corrected chi connectivity index (χ3v) is 4.68. The van der Waals surface area contributed by atoms with Crippen LogP contribution in [-0.2, 0) is 4.79 Å². The van der Waals surface area contributed by atoms with Crippen LogP contribution in [0.5, 0.6) is 0 Å². The van der Waals surface area contributed by atoms with Gasteiger partial charge in [0.25, 0.3) is 0 Å². The molecular weight excluding hydrogens is 212 g/mol. The van der Waals surface area contributed by atoms with E-state index in [-0.39, 0.29) is 5.92 Å². The van der Waals surface area contributed by atoms with Gasteiger partial charge in [-0.2, -0.15) is 0 Å². The maximum Gasteiger partial charge on any atom is 0.225 e.